The minimum Gasteiger partial charge on any atom is -0.370 e. The molecule has 1 aromatic carbocycles. The fourth-order valence-electron chi connectivity index (χ4n) is 2.75. The predicted octanol–water partition coefficient (Wildman–Crippen LogP) is 5.93. The molecule has 1 nitrogen and oxygen atoms in total. The zero-order valence-electron chi connectivity index (χ0n) is 15.7. The number of ether oxygens (including phenoxy) is 1. The first-order valence-electron chi connectivity index (χ1n) is 8.75. The Morgan fingerprint density at radius 1 is 1.14 bits per heavy atom. The zero-order chi connectivity index (χ0) is 16.6. The molecule has 0 amide bonds. The van der Waals surface area contributed by atoms with Gasteiger partial charge in [-0.25, -0.2) is 0 Å². The average Bonchev–Trinajstić information content (AvgIpc) is 3.14. The quantitative estimate of drug-likeness (QED) is 0.591. The summed E-state index contributed by atoms with van der Waals surface area (Å²) in [4.78, 5) is 0. The molecule has 0 aliphatic heterocycles. The van der Waals surface area contributed by atoms with Gasteiger partial charge in [0, 0.05) is 8.07 Å². The molecule has 2 rings (SSSR count). The lowest BCUT2D eigenvalue weighted by atomic mass is 9.97. The minimum absolute atomic E-state index is 0.0232. The number of benzene rings is 1. The molecule has 0 radical (unpaired) electrons. The molecule has 0 aromatic heterocycles. The molecule has 0 heterocycles. The molecule has 0 bridgehead atoms. The van der Waals surface area contributed by atoms with E-state index in [0.29, 0.717) is 0 Å². The van der Waals surface area contributed by atoms with Crippen LogP contribution in [0.25, 0.3) is 0 Å². The average molecular weight is 319 g/mol. The second-order valence-electron chi connectivity index (χ2n) is 9.55. The minimum atomic E-state index is -0.959. The van der Waals surface area contributed by atoms with E-state index in [1.807, 2.05) is 0 Å². The van der Waals surface area contributed by atoms with Gasteiger partial charge in [-0.1, -0.05) is 64.7 Å². The van der Waals surface area contributed by atoms with Gasteiger partial charge in [0.25, 0.3) is 0 Å². The first kappa shape index (κ1) is 17.7. The summed E-state index contributed by atoms with van der Waals surface area (Å²) in [6.07, 6.45) is 3.59. The molecule has 1 aromatic rings. The van der Waals surface area contributed by atoms with Gasteiger partial charge >= 0.3 is 0 Å². The van der Waals surface area contributed by atoms with Gasteiger partial charge in [0.05, 0.1) is 12.2 Å². The van der Waals surface area contributed by atoms with Crippen molar-refractivity contribution in [1.29, 1.82) is 0 Å². The van der Waals surface area contributed by atoms with Crippen LogP contribution in [0.2, 0.25) is 25.7 Å². The van der Waals surface area contributed by atoms with Crippen LogP contribution < -0.4 is 0 Å². The summed E-state index contributed by atoms with van der Waals surface area (Å²) in [7, 11) is -0.959. The Balaban J connectivity index is 2.06. The maximum atomic E-state index is 6.31. The van der Waals surface area contributed by atoms with E-state index >= 15 is 0 Å². The van der Waals surface area contributed by atoms with Crippen molar-refractivity contribution >= 4 is 8.07 Å². The van der Waals surface area contributed by atoms with Gasteiger partial charge in [-0.2, -0.15) is 0 Å². The number of hydrogen-bond donors (Lipinski definition) is 0. The third-order valence-corrected chi connectivity index (χ3v) is 6.25. The smallest absolute Gasteiger partial charge is 0.0934 e. The van der Waals surface area contributed by atoms with Crippen LogP contribution in [0.1, 0.15) is 50.3 Å². The predicted molar refractivity (Wildman–Crippen MR) is 99.4 cm³/mol. The fraction of sp³-hybridized carbons (Fsp3) is 0.700. The molecule has 0 spiro atoms. The third kappa shape index (κ3) is 4.96. The lowest BCUT2D eigenvalue weighted by Gasteiger charge is -2.25. The Morgan fingerprint density at radius 2 is 1.77 bits per heavy atom. The highest BCUT2D eigenvalue weighted by Gasteiger charge is 2.46. The molecule has 1 aliphatic carbocycles. The molecule has 2 heteroatoms. The lowest BCUT2D eigenvalue weighted by molar-refractivity contribution is -0.0117. The topological polar surface area (TPSA) is 9.23 Å². The summed E-state index contributed by atoms with van der Waals surface area (Å²) in [5.74, 6) is 0. The van der Waals surface area contributed by atoms with E-state index in [-0.39, 0.29) is 11.0 Å². The van der Waals surface area contributed by atoms with Crippen molar-refractivity contribution in [2.45, 2.75) is 78.2 Å². The van der Waals surface area contributed by atoms with Crippen molar-refractivity contribution in [3.63, 3.8) is 0 Å². The maximum Gasteiger partial charge on any atom is 0.0934 e. The van der Waals surface area contributed by atoms with E-state index in [1.165, 1.54) is 42.0 Å². The van der Waals surface area contributed by atoms with E-state index in [1.54, 1.807) is 0 Å². The van der Waals surface area contributed by atoms with Crippen LogP contribution in [-0.2, 0) is 16.8 Å². The number of hydrogen-bond acceptors (Lipinski definition) is 1. The second-order valence-corrected chi connectivity index (χ2v) is 15.2. The number of rotatable bonds is 6. The molecule has 0 atom stereocenters. The van der Waals surface area contributed by atoms with Crippen LogP contribution in [0.5, 0.6) is 0 Å². The molecule has 124 valence electrons. The first-order valence-corrected chi connectivity index (χ1v) is 12.5. The normalized spacial score (nSPS) is 17.6. The Morgan fingerprint density at radius 3 is 2.23 bits per heavy atom. The summed E-state index contributed by atoms with van der Waals surface area (Å²) in [5, 5.41) is 0. The zero-order valence-corrected chi connectivity index (χ0v) is 16.7. The molecule has 0 unspecified atom stereocenters. The van der Waals surface area contributed by atoms with Crippen molar-refractivity contribution < 1.29 is 4.74 Å². The van der Waals surface area contributed by atoms with Gasteiger partial charge in [0.1, 0.15) is 0 Å². The molecular formula is C20H34OSi. The van der Waals surface area contributed by atoms with E-state index < -0.39 is 8.07 Å². The largest absolute Gasteiger partial charge is 0.370 e. The molecule has 1 aliphatic rings. The molecule has 22 heavy (non-hydrogen) atoms. The highest BCUT2D eigenvalue weighted by Crippen LogP contribution is 2.50. The SMILES string of the molecule is Cc1cc(C2(OCC(C)(C)C)CC2)ccc1CC[Si](C)(C)C. The van der Waals surface area contributed by atoms with Crippen LogP contribution in [0, 0.1) is 12.3 Å². The van der Waals surface area contributed by atoms with E-state index in [0.717, 1.165) is 6.61 Å². The van der Waals surface area contributed by atoms with Gasteiger partial charge in [-0.3, -0.25) is 0 Å². The highest BCUT2D eigenvalue weighted by atomic mass is 28.3. The monoisotopic (exact) mass is 318 g/mol. The van der Waals surface area contributed by atoms with Gasteiger partial charge in [0.2, 0.25) is 0 Å². The Bertz CT molecular complexity index is 515. The Labute approximate surface area is 138 Å². The standard InChI is InChI=1S/C20H34OSi/c1-16-14-18(9-8-17(16)10-13-22(5,6)7)20(11-12-20)21-15-19(2,3)4/h8-9,14H,10-13,15H2,1-7H3. The first-order chi connectivity index (χ1) is 10.0. The molecule has 0 saturated heterocycles. The van der Waals surface area contributed by atoms with Crippen LogP contribution in [0.3, 0.4) is 0 Å². The van der Waals surface area contributed by atoms with Crippen LogP contribution in [0.4, 0.5) is 0 Å². The second kappa shape index (κ2) is 6.12. The van der Waals surface area contributed by atoms with Crippen molar-refractivity contribution in [3.8, 4) is 0 Å². The molecule has 1 fully saturated rings. The Hall–Kier alpha value is -0.603. The van der Waals surface area contributed by atoms with Crippen molar-refractivity contribution in [1.82, 2.24) is 0 Å². The van der Waals surface area contributed by atoms with Crippen LogP contribution in [0.15, 0.2) is 18.2 Å². The van der Waals surface area contributed by atoms with E-state index in [9.17, 15) is 0 Å². The number of aryl methyl sites for hydroxylation is 2. The van der Waals surface area contributed by atoms with Crippen LogP contribution in [-0.4, -0.2) is 14.7 Å². The summed E-state index contributed by atoms with van der Waals surface area (Å²) in [5.41, 5.74) is 4.63. The van der Waals surface area contributed by atoms with Crippen molar-refractivity contribution in [3.05, 3.63) is 34.9 Å². The lowest BCUT2D eigenvalue weighted by Crippen LogP contribution is -2.22. The molecule has 1 saturated carbocycles. The third-order valence-electron chi connectivity index (χ3n) is 4.50. The molecular weight excluding hydrogens is 284 g/mol. The van der Waals surface area contributed by atoms with Crippen molar-refractivity contribution in [2.75, 3.05) is 6.61 Å². The highest BCUT2D eigenvalue weighted by molar-refractivity contribution is 6.76. The van der Waals surface area contributed by atoms with Gasteiger partial charge < -0.3 is 4.74 Å². The van der Waals surface area contributed by atoms with Gasteiger partial charge in [-0.05, 0) is 48.3 Å². The van der Waals surface area contributed by atoms with Crippen molar-refractivity contribution in [2.24, 2.45) is 5.41 Å². The summed E-state index contributed by atoms with van der Waals surface area (Å²) >= 11 is 0. The van der Waals surface area contributed by atoms with Gasteiger partial charge in [-0.15, -0.1) is 0 Å². The van der Waals surface area contributed by atoms with E-state index in [4.69, 9.17) is 4.74 Å². The van der Waals surface area contributed by atoms with E-state index in [2.05, 4.69) is 65.5 Å². The Kier molecular flexibility index (Phi) is 4.94. The summed E-state index contributed by atoms with van der Waals surface area (Å²) < 4.78 is 6.31. The summed E-state index contributed by atoms with van der Waals surface area (Å²) in [6, 6.07) is 8.43. The van der Waals surface area contributed by atoms with Crippen LogP contribution >= 0.6 is 0 Å². The summed E-state index contributed by atoms with van der Waals surface area (Å²) in [6.45, 7) is 17.2. The fourth-order valence-corrected chi connectivity index (χ4v) is 3.77. The van der Waals surface area contributed by atoms with Gasteiger partial charge in [0.15, 0.2) is 0 Å². The maximum absolute atomic E-state index is 6.31. The molecule has 0 N–H and O–H groups in total.